The van der Waals surface area contributed by atoms with Crippen molar-refractivity contribution >= 4 is 0 Å². The number of alkyl halides is 3. The van der Waals surface area contributed by atoms with E-state index in [1.54, 1.807) is 6.07 Å². The number of nitrogens with one attached hydrogen (secondary N) is 1. The molecule has 1 heterocycles. The third kappa shape index (κ3) is 4.21. The maximum Gasteiger partial charge on any atom is 0.416 e. The molecule has 0 saturated carbocycles. The molecule has 20 heavy (non-hydrogen) atoms. The highest BCUT2D eigenvalue weighted by atomic mass is 19.4. The molecule has 2 rings (SSSR count). The molecule has 0 bridgehead atoms. The fourth-order valence-corrected chi connectivity index (χ4v) is 2.60. The summed E-state index contributed by atoms with van der Waals surface area (Å²) in [5.74, 6) is 0. The second-order valence-corrected chi connectivity index (χ2v) is 5.35. The number of benzene rings is 1. The first-order valence-electron chi connectivity index (χ1n) is 7.11. The third-order valence-corrected chi connectivity index (χ3v) is 3.72. The Morgan fingerprint density at radius 2 is 2.15 bits per heavy atom. The van der Waals surface area contributed by atoms with E-state index in [9.17, 15) is 13.2 Å². The Balaban J connectivity index is 2.05. The van der Waals surface area contributed by atoms with Crippen LogP contribution < -0.4 is 5.32 Å². The lowest BCUT2D eigenvalue weighted by molar-refractivity contribution is -0.137. The number of halogens is 3. The molecule has 2 nitrogen and oxygen atoms in total. The molecule has 1 aromatic carbocycles. The van der Waals surface area contributed by atoms with Gasteiger partial charge in [-0.05, 0) is 37.6 Å². The van der Waals surface area contributed by atoms with E-state index in [0.717, 1.165) is 44.1 Å². The molecule has 0 spiro atoms. The van der Waals surface area contributed by atoms with Gasteiger partial charge in [0.2, 0.25) is 0 Å². The van der Waals surface area contributed by atoms with Gasteiger partial charge in [0, 0.05) is 19.1 Å². The van der Waals surface area contributed by atoms with Crippen LogP contribution in [0.25, 0.3) is 0 Å². The fourth-order valence-electron chi connectivity index (χ4n) is 2.60. The molecule has 1 unspecified atom stereocenters. The van der Waals surface area contributed by atoms with Crippen molar-refractivity contribution in [3.63, 3.8) is 0 Å². The summed E-state index contributed by atoms with van der Waals surface area (Å²) in [5, 5.41) is 3.46. The molecule has 1 N–H and O–H groups in total. The zero-order valence-corrected chi connectivity index (χ0v) is 11.7. The molecule has 1 saturated heterocycles. The summed E-state index contributed by atoms with van der Waals surface area (Å²) in [6.07, 6.45) is -2.18. The van der Waals surface area contributed by atoms with Gasteiger partial charge in [0.25, 0.3) is 0 Å². The fraction of sp³-hybridized carbons (Fsp3) is 0.600. The van der Waals surface area contributed by atoms with Crippen LogP contribution in [0.1, 0.15) is 30.9 Å². The van der Waals surface area contributed by atoms with Crippen molar-refractivity contribution in [2.24, 2.45) is 0 Å². The van der Waals surface area contributed by atoms with Gasteiger partial charge < -0.3 is 5.32 Å². The lowest BCUT2D eigenvalue weighted by Crippen LogP contribution is -2.36. The second kappa shape index (κ2) is 6.59. The van der Waals surface area contributed by atoms with Crippen LogP contribution >= 0.6 is 0 Å². The van der Waals surface area contributed by atoms with Gasteiger partial charge in [-0.15, -0.1) is 0 Å². The summed E-state index contributed by atoms with van der Waals surface area (Å²) in [6.45, 7) is 5.53. The van der Waals surface area contributed by atoms with Crippen molar-refractivity contribution in [2.75, 3.05) is 19.6 Å². The minimum Gasteiger partial charge on any atom is -0.313 e. The minimum absolute atomic E-state index is 0.434. The van der Waals surface area contributed by atoms with Crippen LogP contribution in [0.15, 0.2) is 24.3 Å². The monoisotopic (exact) mass is 286 g/mol. The summed E-state index contributed by atoms with van der Waals surface area (Å²) < 4.78 is 38.1. The minimum atomic E-state index is -4.26. The van der Waals surface area contributed by atoms with Crippen LogP contribution in [-0.2, 0) is 12.7 Å². The van der Waals surface area contributed by atoms with E-state index in [2.05, 4.69) is 17.1 Å². The number of hydrogen-bond acceptors (Lipinski definition) is 2. The van der Waals surface area contributed by atoms with Gasteiger partial charge in [-0.3, -0.25) is 4.90 Å². The van der Waals surface area contributed by atoms with Crippen molar-refractivity contribution < 1.29 is 13.2 Å². The first kappa shape index (κ1) is 15.3. The van der Waals surface area contributed by atoms with Crippen LogP contribution in [0.2, 0.25) is 0 Å². The van der Waals surface area contributed by atoms with Gasteiger partial charge >= 0.3 is 6.18 Å². The Kier molecular flexibility index (Phi) is 5.05. The molecule has 1 aromatic rings. The molecule has 0 aromatic heterocycles. The van der Waals surface area contributed by atoms with E-state index < -0.39 is 11.7 Å². The Hall–Kier alpha value is -1.07. The van der Waals surface area contributed by atoms with Crippen LogP contribution in [0.3, 0.4) is 0 Å². The molecule has 1 atom stereocenters. The molecular formula is C15H21F3N2. The smallest absolute Gasteiger partial charge is 0.313 e. The molecule has 0 amide bonds. The van der Waals surface area contributed by atoms with E-state index in [1.165, 1.54) is 12.1 Å². The maximum absolute atomic E-state index is 12.7. The molecule has 5 heteroatoms. The van der Waals surface area contributed by atoms with Crippen LogP contribution in [0, 0.1) is 0 Å². The molecule has 0 radical (unpaired) electrons. The molecule has 0 aliphatic carbocycles. The lowest BCUT2D eigenvalue weighted by atomic mass is 10.1. The zero-order chi connectivity index (χ0) is 14.6. The maximum atomic E-state index is 12.7. The van der Waals surface area contributed by atoms with Gasteiger partial charge in [-0.2, -0.15) is 13.2 Å². The van der Waals surface area contributed by atoms with Crippen molar-refractivity contribution in [2.45, 2.75) is 38.5 Å². The summed E-state index contributed by atoms with van der Waals surface area (Å²) in [4.78, 5) is 2.24. The standard InChI is InChI=1S/C15H21F3N2/c1-2-14-11-20(8-4-7-19-14)10-12-5-3-6-13(9-12)15(16,17)18/h3,5-6,9,14,19H,2,4,7-8,10-11H2,1H3. The van der Waals surface area contributed by atoms with Gasteiger partial charge in [-0.25, -0.2) is 0 Å². The predicted octanol–water partition coefficient (Wildman–Crippen LogP) is 3.28. The third-order valence-electron chi connectivity index (χ3n) is 3.72. The normalized spacial score (nSPS) is 21.7. The highest BCUT2D eigenvalue weighted by Crippen LogP contribution is 2.29. The zero-order valence-electron chi connectivity index (χ0n) is 11.7. The van der Waals surface area contributed by atoms with E-state index in [4.69, 9.17) is 0 Å². The average molecular weight is 286 g/mol. The van der Waals surface area contributed by atoms with Gasteiger partial charge in [0.05, 0.1) is 5.56 Å². The van der Waals surface area contributed by atoms with Crippen LogP contribution in [0.5, 0.6) is 0 Å². The van der Waals surface area contributed by atoms with E-state index >= 15 is 0 Å². The second-order valence-electron chi connectivity index (χ2n) is 5.35. The number of rotatable bonds is 3. The quantitative estimate of drug-likeness (QED) is 0.917. The summed E-state index contributed by atoms with van der Waals surface area (Å²) in [5.41, 5.74) is 0.173. The Bertz CT molecular complexity index is 431. The topological polar surface area (TPSA) is 15.3 Å². The lowest BCUT2D eigenvalue weighted by Gasteiger charge is -2.24. The van der Waals surface area contributed by atoms with Crippen molar-refractivity contribution in [3.8, 4) is 0 Å². The predicted molar refractivity (Wildman–Crippen MR) is 73.4 cm³/mol. The largest absolute Gasteiger partial charge is 0.416 e. The highest BCUT2D eigenvalue weighted by Gasteiger charge is 2.30. The van der Waals surface area contributed by atoms with E-state index in [0.29, 0.717) is 12.6 Å². The van der Waals surface area contributed by atoms with Crippen molar-refractivity contribution in [1.82, 2.24) is 10.2 Å². The first-order chi connectivity index (χ1) is 9.49. The summed E-state index contributed by atoms with van der Waals surface area (Å²) in [7, 11) is 0. The molecule has 112 valence electrons. The van der Waals surface area contributed by atoms with Gasteiger partial charge in [-0.1, -0.05) is 25.1 Å². The van der Waals surface area contributed by atoms with Crippen LogP contribution in [0.4, 0.5) is 13.2 Å². The van der Waals surface area contributed by atoms with Crippen molar-refractivity contribution in [1.29, 1.82) is 0 Å². The number of hydrogen-bond donors (Lipinski definition) is 1. The molecule has 1 aliphatic rings. The number of nitrogens with zero attached hydrogens (tertiary/aromatic N) is 1. The van der Waals surface area contributed by atoms with Crippen LogP contribution in [-0.4, -0.2) is 30.6 Å². The molecule has 1 aliphatic heterocycles. The summed E-state index contributed by atoms with van der Waals surface area (Å²) in [6, 6.07) is 6.09. The van der Waals surface area contributed by atoms with Crippen molar-refractivity contribution in [3.05, 3.63) is 35.4 Å². The van der Waals surface area contributed by atoms with E-state index in [-0.39, 0.29) is 0 Å². The molecule has 1 fully saturated rings. The SMILES string of the molecule is CCC1CN(Cc2cccc(C(F)(F)F)c2)CCCN1. The first-order valence-corrected chi connectivity index (χ1v) is 7.11. The average Bonchev–Trinajstić information content (AvgIpc) is 2.63. The van der Waals surface area contributed by atoms with Gasteiger partial charge in [0.1, 0.15) is 0 Å². The Morgan fingerprint density at radius 3 is 2.85 bits per heavy atom. The highest BCUT2D eigenvalue weighted by molar-refractivity contribution is 5.25. The Morgan fingerprint density at radius 1 is 1.35 bits per heavy atom. The molecular weight excluding hydrogens is 265 g/mol. The van der Waals surface area contributed by atoms with Gasteiger partial charge in [0.15, 0.2) is 0 Å². The van der Waals surface area contributed by atoms with E-state index in [1.807, 2.05) is 0 Å². The Labute approximate surface area is 118 Å². The summed E-state index contributed by atoms with van der Waals surface area (Å²) >= 11 is 0.